The number of fused-ring (bicyclic) bond motifs is 3. The van der Waals surface area contributed by atoms with E-state index >= 15 is 0 Å². The summed E-state index contributed by atoms with van der Waals surface area (Å²) in [7, 11) is 0. The lowest BCUT2D eigenvalue weighted by molar-refractivity contribution is -0.150. The molecule has 11 heteroatoms. The topological polar surface area (TPSA) is 127 Å². The van der Waals surface area contributed by atoms with Gasteiger partial charge < -0.3 is 19.7 Å². The van der Waals surface area contributed by atoms with Crippen LogP contribution in [-0.4, -0.2) is 70.6 Å². The van der Waals surface area contributed by atoms with Crippen LogP contribution in [0, 0.1) is 5.92 Å². The minimum atomic E-state index is -1.19. The molecular weight excluding hydrogens is 664 g/mol. The number of esters is 1. The normalized spacial score (nSPS) is 26.2. The number of carbonyl (C=O) groups is 3. The highest BCUT2D eigenvalue weighted by Crippen LogP contribution is 2.46. The summed E-state index contributed by atoms with van der Waals surface area (Å²) in [5.74, 6) is -1.23. The van der Waals surface area contributed by atoms with Crippen molar-refractivity contribution in [3.63, 3.8) is 0 Å². The highest BCUT2D eigenvalue weighted by molar-refractivity contribution is 9.10. The molecule has 2 aromatic carbocycles. The van der Waals surface area contributed by atoms with Gasteiger partial charge in [0.25, 0.3) is 0 Å². The van der Waals surface area contributed by atoms with Gasteiger partial charge in [0.05, 0.1) is 18.7 Å². The molecule has 1 aromatic heterocycles. The van der Waals surface area contributed by atoms with E-state index in [-0.39, 0.29) is 25.5 Å². The highest BCUT2D eigenvalue weighted by atomic mass is 79.9. The average Bonchev–Trinajstić information content (AvgIpc) is 3.59. The lowest BCUT2D eigenvalue weighted by atomic mass is 10.0. The molecule has 3 aromatic rings. The third kappa shape index (κ3) is 7.01. The highest BCUT2D eigenvalue weighted by Gasteiger charge is 2.62. The number of allylic oxidation sites excluding steroid dienone is 1. The number of benzene rings is 2. The molecule has 3 heterocycles. The molecular formula is C36H37BrN4O6. The monoisotopic (exact) mass is 700 g/mol. The first-order chi connectivity index (χ1) is 22.8. The SMILES string of the molecule is CCOC(=O)C12CC1C=CCCCCCC(N=C=O)C(=O)N1CC(Oc3nc4ccccc4cc3-c3cccc(Br)c3)CC1C(=O)N2. The van der Waals surface area contributed by atoms with E-state index in [0.29, 0.717) is 25.1 Å². The van der Waals surface area contributed by atoms with Crippen molar-refractivity contribution in [1.29, 1.82) is 0 Å². The van der Waals surface area contributed by atoms with Gasteiger partial charge in [-0.3, -0.25) is 9.59 Å². The Morgan fingerprint density at radius 1 is 1.15 bits per heavy atom. The third-order valence-electron chi connectivity index (χ3n) is 9.16. The number of nitrogens with one attached hydrogen (secondary N) is 1. The smallest absolute Gasteiger partial charge is 0.332 e. The minimum Gasteiger partial charge on any atom is -0.472 e. The maximum absolute atomic E-state index is 14.1. The molecule has 1 saturated heterocycles. The van der Waals surface area contributed by atoms with E-state index in [1.807, 2.05) is 66.7 Å². The summed E-state index contributed by atoms with van der Waals surface area (Å²) in [4.78, 5) is 62.8. The number of aliphatic imine (C=N–C) groups is 1. The van der Waals surface area contributed by atoms with Crippen molar-refractivity contribution in [2.45, 2.75) is 75.6 Å². The quantitative estimate of drug-likeness (QED) is 0.152. The van der Waals surface area contributed by atoms with E-state index < -0.39 is 41.5 Å². The van der Waals surface area contributed by atoms with Crippen LogP contribution < -0.4 is 10.1 Å². The molecule has 244 valence electrons. The van der Waals surface area contributed by atoms with E-state index in [4.69, 9.17) is 14.5 Å². The number of amides is 2. The van der Waals surface area contributed by atoms with Gasteiger partial charge >= 0.3 is 5.97 Å². The van der Waals surface area contributed by atoms with Crippen LogP contribution in [0.15, 0.2) is 76.2 Å². The van der Waals surface area contributed by atoms with Gasteiger partial charge in [-0.15, -0.1) is 0 Å². The number of nitrogens with zero attached hydrogens (tertiary/aromatic N) is 3. The first-order valence-electron chi connectivity index (χ1n) is 16.2. The number of rotatable bonds is 6. The van der Waals surface area contributed by atoms with Gasteiger partial charge in [-0.05, 0) is 62.4 Å². The molecule has 3 aliphatic rings. The van der Waals surface area contributed by atoms with Crippen LogP contribution >= 0.6 is 15.9 Å². The number of aromatic nitrogens is 1. The van der Waals surface area contributed by atoms with Crippen LogP contribution in [0.4, 0.5) is 0 Å². The summed E-state index contributed by atoms with van der Waals surface area (Å²) < 4.78 is 12.9. The molecule has 2 fully saturated rings. The van der Waals surface area contributed by atoms with Crippen molar-refractivity contribution in [3.05, 3.63) is 71.2 Å². The van der Waals surface area contributed by atoms with Crippen LogP contribution in [0.1, 0.15) is 51.9 Å². The van der Waals surface area contributed by atoms with Crippen molar-refractivity contribution >= 4 is 50.7 Å². The Bertz CT molecular complexity index is 1760. The molecule has 47 heavy (non-hydrogen) atoms. The van der Waals surface area contributed by atoms with Crippen LogP contribution in [-0.2, 0) is 23.9 Å². The van der Waals surface area contributed by atoms with Gasteiger partial charge in [-0.2, -0.15) is 4.99 Å². The van der Waals surface area contributed by atoms with E-state index in [1.54, 1.807) is 13.0 Å². The number of isocyanates is 1. The number of hydrogen-bond acceptors (Lipinski definition) is 8. The molecule has 1 N–H and O–H groups in total. The minimum absolute atomic E-state index is 0.0734. The zero-order valence-corrected chi connectivity index (χ0v) is 27.8. The Labute approximate surface area is 281 Å². The van der Waals surface area contributed by atoms with Crippen LogP contribution in [0.2, 0.25) is 0 Å². The Morgan fingerprint density at radius 2 is 2.00 bits per heavy atom. The Morgan fingerprint density at radius 3 is 2.81 bits per heavy atom. The van der Waals surface area contributed by atoms with E-state index in [1.165, 1.54) is 4.90 Å². The number of pyridine rings is 1. The number of para-hydroxylation sites is 1. The van der Waals surface area contributed by atoms with E-state index in [0.717, 1.165) is 45.8 Å². The zero-order valence-electron chi connectivity index (χ0n) is 26.2. The Balaban J connectivity index is 1.35. The van der Waals surface area contributed by atoms with Gasteiger partial charge in [0.15, 0.2) is 0 Å². The van der Waals surface area contributed by atoms with Gasteiger partial charge in [-0.25, -0.2) is 14.6 Å². The molecule has 0 radical (unpaired) electrons. The summed E-state index contributed by atoms with van der Waals surface area (Å²) in [6.45, 7) is 1.98. The fraction of sp³-hybridized carbons (Fsp3) is 0.417. The molecule has 0 bridgehead atoms. The molecule has 1 saturated carbocycles. The summed E-state index contributed by atoms with van der Waals surface area (Å²) in [5, 5.41) is 3.91. The van der Waals surface area contributed by atoms with Gasteiger partial charge in [0.2, 0.25) is 23.8 Å². The molecule has 10 nitrogen and oxygen atoms in total. The van der Waals surface area contributed by atoms with Crippen molar-refractivity contribution in [3.8, 4) is 17.0 Å². The van der Waals surface area contributed by atoms with Gasteiger partial charge in [0.1, 0.15) is 23.7 Å². The standard InChI is InChI=1S/C36H37BrN4O6/c1-2-46-35(45)36-20-25(36)13-6-4-3-5-7-16-30(38-22-42)34(44)41-21-27(19-31(41)32(43)40-36)47-33-28(23-12-10-14-26(37)17-23)18-24-11-8-9-15-29(24)39-33/h6,8-15,17-18,25,27,30-31H,2-5,7,16,19-21H2,1H3,(H,40,43). The second kappa shape index (κ2) is 14.2. The second-order valence-corrected chi connectivity index (χ2v) is 13.2. The summed E-state index contributed by atoms with van der Waals surface area (Å²) >= 11 is 3.56. The second-order valence-electron chi connectivity index (χ2n) is 12.3. The lowest BCUT2D eigenvalue weighted by Gasteiger charge is -2.27. The lowest BCUT2D eigenvalue weighted by Crippen LogP contribution is -2.54. The molecule has 2 amide bonds. The Kier molecular flexibility index (Phi) is 9.84. The van der Waals surface area contributed by atoms with Crippen molar-refractivity contribution in [2.24, 2.45) is 10.9 Å². The first kappa shape index (κ1) is 32.6. The maximum Gasteiger partial charge on any atom is 0.332 e. The molecule has 6 rings (SSSR count). The van der Waals surface area contributed by atoms with Gasteiger partial charge in [-0.1, -0.05) is 71.3 Å². The fourth-order valence-electron chi connectivity index (χ4n) is 6.63. The number of halogens is 1. The Hall–Kier alpha value is -4.34. The largest absolute Gasteiger partial charge is 0.472 e. The van der Waals surface area contributed by atoms with Crippen molar-refractivity contribution in [2.75, 3.05) is 13.2 Å². The fourth-order valence-corrected chi connectivity index (χ4v) is 7.03. The van der Waals surface area contributed by atoms with Crippen LogP contribution in [0.25, 0.3) is 22.0 Å². The van der Waals surface area contributed by atoms with E-state index in [9.17, 15) is 19.2 Å². The van der Waals surface area contributed by atoms with Crippen LogP contribution in [0.5, 0.6) is 5.88 Å². The summed E-state index contributed by atoms with van der Waals surface area (Å²) in [6, 6.07) is 15.6. The van der Waals surface area contributed by atoms with Crippen molar-refractivity contribution < 1.29 is 28.7 Å². The maximum atomic E-state index is 14.1. The summed E-state index contributed by atoms with van der Waals surface area (Å²) in [5.41, 5.74) is 1.21. The molecule has 0 spiro atoms. The average molecular weight is 702 g/mol. The van der Waals surface area contributed by atoms with Gasteiger partial charge in [0, 0.05) is 27.8 Å². The first-order valence-corrected chi connectivity index (χ1v) is 17.0. The number of ether oxygens (including phenoxy) is 2. The molecule has 5 unspecified atom stereocenters. The predicted octanol–water partition coefficient (Wildman–Crippen LogP) is 5.68. The zero-order chi connectivity index (χ0) is 33.0. The number of hydrogen-bond donors (Lipinski definition) is 1. The molecule has 5 atom stereocenters. The number of carbonyl (C=O) groups excluding carboxylic acids is 4. The molecule has 1 aliphatic carbocycles. The third-order valence-corrected chi connectivity index (χ3v) is 9.66. The molecule has 2 aliphatic heterocycles. The summed E-state index contributed by atoms with van der Waals surface area (Å²) in [6.07, 6.45) is 9.12. The van der Waals surface area contributed by atoms with E-state index in [2.05, 4.69) is 26.2 Å². The van der Waals surface area contributed by atoms with Crippen molar-refractivity contribution in [1.82, 2.24) is 15.2 Å². The van der Waals surface area contributed by atoms with Crippen LogP contribution in [0.3, 0.4) is 0 Å². The predicted molar refractivity (Wildman–Crippen MR) is 179 cm³/mol.